The molecule has 0 saturated heterocycles. The van der Waals surface area contributed by atoms with Crippen LogP contribution in [0.1, 0.15) is 179 Å². The number of carbonyl (C=O) groups is 10. The average molecular weight is 1110 g/mol. The molecular weight excluding hydrogens is 1020 g/mol. The van der Waals surface area contributed by atoms with Gasteiger partial charge in [-0.1, -0.05) is 73.3 Å². The van der Waals surface area contributed by atoms with Crippen LogP contribution >= 0.6 is 11.3 Å². The number of aromatic hydroxyl groups is 1. The number of phenolic OH excluding ortho intramolecular Hbond substituents is 1. The molecule has 0 fully saturated rings. The maximum absolute atomic E-state index is 14.0. The number of nitrogens with zero attached hydrogens (tertiary/aromatic N) is 3. The first kappa shape index (κ1) is 65.9. The first-order valence-electron chi connectivity index (χ1n) is 27.3. The zero-order chi connectivity index (χ0) is 58.4. The molecule has 0 bridgehead atoms. The lowest BCUT2D eigenvalue weighted by molar-refractivity contribution is -0.148. The Morgan fingerprint density at radius 2 is 1.50 bits per heavy atom. The van der Waals surface area contributed by atoms with Crippen LogP contribution in [-0.2, 0) is 54.3 Å². The van der Waals surface area contributed by atoms with Crippen LogP contribution < -0.4 is 21.3 Å². The molecule has 432 valence electrons. The molecule has 1 aromatic carbocycles. The van der Waals surface area contributed by atoms with Gasteiger partial charge in [0, 0.05) is 81.1 Å². The van der Waals surface area contributed by atoms with Crippen LogP contribution in [-0.4, -0.2) is 128 Å². The lowest BCUT2D eigenvalue weighted by Gasteiger charge is -2.34. The smallest absolute Gasteiger partial charge is 0.306 e. The molecule has 0 radical (unpaired) electrons. The van der Waals surface area contributed by atoms with Gasteiger partial charge in [-0.05, 0) is 96.0 Å². The molecule has 1 aliphatic heterocycles. The molecule has 3 rings (SSSR count). The number of hydrogen-bond acceptors (Lipinski definition) is 15. The maximum atomic E-state index is 14.0. The van der Waals surface area contributed by atoms with E-state index < -0.39 is 77.2 Å². The number of carboxylic acids is 1. The van der Waals surface area contributed by atoms with Crippen LogP contribution in [0.5, 0.6) is 5.75 Å². The van der Waals surface area contributed by atoms with E-state index in [-0.39, 0.29) is 110 Å². The van der Waals surface area contributed by atoms with Gasteiger partial charge in [0.15, 0.2) is 17.7 Å². The number of likely N-dealkylation sites (N-methyl/N-ethyl adjacent to an activating group) is 1. The van der Waals surface area contributed by atoms with Gasteiger partial charge in [-0.3, -0.25) is 57.7 Å². The minimum Gasteiger partial charge on any atom is -0.506 e. The summed E-state index contributed by atoms with van der Waals surface area (Å²) in [7, 11) is 3.64. The number of benzene rings is 1. The van der Waals surface area contributed by atoms with E-state index in [0.717, 1.165) is 35.5 Å². The van der Waals surface area contributed by atoms with E-state index in [4.69, 9.17) is 4.74 Å². The van der Waals surface area contributed by atoms with Crippen LogP contribution in [0.3, 0.4) is 0 Å². The minimum absolute atomic E-state index is 0.00516. The van der Waals surface area contributed by atoms with Gasteiger partial charge in [0.05, 0.1) is 23.2 Å². The summed E-state index contributed by atoms with van der Waals surface area (Å²) >= 11 is 1.08. The number of phenols is 1. The molecule has 2 aromatic rings. The number of thiazole rings is 1. The fourth-order valence-electron chi connectivity index (χ4n) is 8.77. The molecule has 6 N–H and O–H groups in total. The number of carbonyl (C=O) groups excluding carboxylic acids is 9. The number of aliphatic carboxylic acids is 1. The van der Waals surface area contributed by atoms with E-state index in [1.807, 2.05) is 67.5 Å². The Morgan fingerprint density at radius 3 is 2.10 bits per heavy atom. The van der Waals surface area contributed by atoms with Gasteiger partial charge >= 0.3 is 11.9 Å². The van der Waals surface area contributed by atoms with Crippen molar-refractivity contribution in [1.82, 2.24) is 30.7 Å². The van der Waals surface area contributed by atoms with Crippen molar-refractivity contribution < 1.29 is 62.9 Å². The summed E-state index contributed by atoms with van der Waals surface area (Å²) in [6.45, 7) is 16.3. The number of amides is 6. The number of Topliss-reactive ketones (excluding diaryl/α,β-unsaturated/α-hetero) is 2. The Balaban J connectivity index is 1.68. The van der Waals surface area contributed by atoms with E-state index in [0.29, 0.717) is 36.3 Å². The summed E-state index contributed by atoms with van der Waals surface area (Å²) in [5.41, 5.74) is -0.153. The van der Waals surface area contributed by atoms with Crippen molar-refractivity contribution in [3.63, 3.8) is 0 Å². The number of hydrogen-bond donors (Lipinski definition) is 6. The molecule has 21 heteroatoms. The number of ether oxygens (including phenoxy) is 1. The summed E-state index contributed by atoms with van der Waals surface area (Å²) in [5.74, 6) is -6.43. The number of unbranched alkanes of at least 4 members (excludes halogenated alkanes) is 3. The summed E-state index contributed by atoms with van der Waals surface area (Å²) < 4.78 is 5.75. The third-order valence-electron chi connectivity index (χ3n) is 14.6. The van der Waals surface area contributed by atoms with Crippen molar-refractivity contribution in [1.29, 1.82) is 0 Å². The van der Waals surface area contributed by atoms with E-state index in [9.17, 15) is 58.2 Å². The zero-order valence-corrected chi connectivity index (χ0v) is 48.3. The SMILES string of the molecule is CCCCC[C@H](NC(=O)CCCN1C(=O)C=CC1=O)C(=O)CCCCC(=O)Nc1cc(C[C@@H](CC(C)C(=O)O)NC(=O)c2csc([C@@H](C[C@@H](NC(=O)[C@@H](CC(=O)C(C)(C)N(C)C)[C@@H](C)CC)C(C)C)OC(C)=O)n2)ccc1O. The van der Waals surface area contributed by atoms with Gasteiger partial charge in [-0.15, -0.1) is 11.3 Å². The normalized spacial score (nSPS) is 15.3. The Bertz CT molecular complexity index is 2430. The van der Waals surface area contributed by atoms with E-state index in [1.54, 1.807) is 6.07 Å². The van der Waals surface area contributed by atoms with Gasteiger partial charge in [0.25, 0.3) is 17.7 Å². The highest BCUT2D eigenvalue weighted by molar-refractivity contribution is 7.09. The third kappa shape index (κ3) is 21.1. The van der Waals surface area contributed by atoms with Crippen molar-refractivity contribution in [3.05, 3.63) is 52.0 Å². The molecule has 1 unspecified atom stereocenters. The summed E-state index contributed by atoms with van der Waals surface area (Å²) in [6, 6.07) is 2.50. The molecule has 0 aliphatic carbocycles. The van der Waals surface area contributed by atoms with Crippen LogP contribution in [0.4, 0.5) is 5.69 Å². The second-order valence-corrected chi connectivity index (χ2v) is 22.5. The lowest BCUT2D eigenvalue weighted by Crippen LogP contribution is -2.49. The van der Waals surface area contributed by atoms with Crippen molar-refractivity contribution in [2.75, 3.05) is 26.0 Å². The van der Waals surface area contributed by atoms with E-state index >= 15 is 0 Å². The quantitative estimate of drug-likeness (QED) is 0.0170. The number of carboxylic acid groups (broad SMARTS) is 1. The standard InChI is InChI=1S/C57H85N7O13S/c1-12-14-15-19-41(59-50(70)22-18-27-64-51(71)25-26-52(64)72)45(66)20-16-17-21-49(69)60-43-30-38(23-24-46(43)67)29-39(28-36(6)56(75)76)58-54(74)44-33-78-55(62-44)47(77-37(7)65)32-42(34(3)4)61-53(73)40(35(5)13-2)31-48(68)57(8,9)63(10)11/h23-26,30,33-36,39-42,47,67H,12-22,27-29,31-32H2,1-11H3,(H,58,74)(H,59,70)(H,60,69)(H,61,73)(H,75,76)/t35-,36?,39+,40-,41-,42+,47+/m0/s1. The van der Waals surface area contributed by atoms with Crippen LogP contribution in [0, 0.1) is 23.7 Å². The largest absolute Gasteiger partial charge is 0.506 e. The fraction of sp³-hybridized carbons (Fsp3) is 0.632. The predicted molar refractivity (Wildman–Crippen MR) is 296 cm³/mol. The van der Waals surface area contributed by atoms with Gasteiger partial charge in [0.2, 0.25) is 17.7 Å². The monoisotopic (exact) mass is 1110 g/mol. The molecule has 78 heavy (non-hydrogen) atoms. The Labute approximate surface area is 463 Å². The molecular formula is C57H85N7O13S. The van der Waals surface area contributed by atoms with Crippen LogP contribution in [0.15, 0.2) is 35.7 Å². The van der Waals surface area contributed by atoms with Crippen molar-refractivity contribution in [3.8, 4) is 5.75 Å². The predicted octanol–water partition coefficient (Wildman–Crippen LogP) is 7.24. The number of nitrogens with one attached hydrogen (secondary N) is 4. The molecule has 6 amide bonds. The average Bonchev–Trinajstić information content (AvgIpc) is 4.00. The summed E-state index contributed by atoms with van der Waals surface area (Å²) in [4.78, 5) is 136. The highest BCUT2D eigenvalue weighted by Gasteiger charge is 2.37. The fourth-order valence-corrected chi connectivity index (χ4v) is 9.61. The number of esters is 1. The molecule has 7 atom stereocenters. The molecule has 20 nitrogen and oxygen atoms in total. The molecule has 1 aromatic heterocycles. The number of anilines is 1. The summed E-state index contributed by atoms with van der Waals surface area (Å²) in [6.07, 6.45) is 6.41. The topological polar surface area (TPSA) is 288 Å². The lowest BCUT2D eigenvalue weighted by atomic mass is 9.81. The summed E-state index contributed by atoms with van der Waals surface area (Å²) in [5, 5.41) is 33.9. The molecule has 0 saturated carbocycles. The number of rotatable bonds is 36. The van der Waals surface area contributed by atoms with Crippen molar-refractivity contribution in [2.24, 2.45) is 23.7 Å². The van der Waals surface area contributed by atoms with Crippen LogP contribution in [0.25, 0.3) is 0 Å². The molecule has 1 aliphatic rings. The van der Waals surface area contributed by atoms with E-state index in [2.05, 4.69) is 26.3 Å². The third-order valence-corrected chi connectivity index (χ3v) is 15.5. The Hall–Kier alpha value is -6.35. The van der Waals surface area contributed by atoms with E-state index in [1.165, 1.54) is 43.5 Å². The Kier molecular flexibility index (Phi) is 27.0. The number of ketones is 2. The molecule has 2 heterocycles. The highest BCUT2D eigenvalue weighted by atomic mass is 32.1. The second-order valence-electron chi connectivity index (χ2n) is 21.6. The first-order chi connectivity index (χ1) is 36.7. The molecule has 0 spiro atoms. The maximum Gasteiger partial charge on any atom is 0.306 e. The van der Waals surface area contributed by atoms with Gasteiger partial charge < -0.3 is 36.2 Å². The first-order valence-corrected chi connectivity index (χ1v) is 28.2. The van der Waals surface area contributed by atoms with Crippen LogP contribution in [0.2, 0.25) is 0 Å². The van der Waals surface area contributed by atoms with Gasteiger partial charge in [0.1, 0.15) is 16.5 Å². The Morgan fingerprint density at radius 1 is 0.846 bits per heavy atom. The van der Waals surface area contributed by atoms with Crippen molar-refractivity contribution in [2.45, 2.75) is 188 Å². The second kappa shape index (κ2) is 31.9. The number of imide groups is 1. The zero-order valence-electron chi connectivity index (χ0n) is 47.5. The number of aromatic nitrogens is 1. The van der Waals surface area contributed by atoms with Gasteiger partial charge in [-0.2, -0.15) is 0 Å². The minimum atomic E-state index is -1.08. The highest BCUT2D eigenvalue weighted by Crippen LogP contribution is 2.31. The van der Waals surface area contributed by atoms with Gasteiger partial charge in [-0.25, -0.2) is 4.98 Å². The van der Waals surface area contributed by atoms with Crippen molar-refractivity contribution >= 4 is 76.0 Å².